The Morgan fingerprint density at radius 2 is 1.96 bits per heavy atom. The lowest BCUT2D eigenvalue weighted by atomic mass is 10.1. The molecule has 120 valence electrons. The number of hydrogen-bond acceptors (Lipinski definition) is 4. The summed E-state index contributed by atoms with van der Waals surface area (Å²) in [7, 11) is -2.17. The van der Waals surface area contributed by atoms with Crippen LogP contribution in [0.15, 0.2) is 41.3 Å². The number of ether oxygens (including phenoxy) is 1. The van der Waals surface area contributed by atoms with Crippen LogP contribution in [0.5, 0.6) is 5.75 Å². The first-order valence-corrected chi connectivity index (χ1v) is 8.47. The number of fused-ring (bicyclic) bond motifs is 1. The van der Waals surface area contributed by atoms with Crippen molar-refractivity contribution in [3.63, 3.8) is 0 Å². The Morgan fingerprint density at radius 3 is 2.65 bits per heavy atom. The van der Waals surface area contributed by atoms with Gasteiger partial charge in [-0.1, -0.05) is 0 Å². The fraction of sp³-hybridized carbons (Fsp3) is 0.188. The van der Waals surface area contributed by atoms with Crippen molar-refractivity contribution in [3.05, 3.63) is 47.5 Å². The topological polar surface area (TPSA) is 84.5 Å². The van der Waals surface area contributed by atoms with Gasteiger partial charge in [0.1, 0.15) is 5.75 Å². The van der Waals surface area contributed by atoms with Gasteiger partial charge in [-0.15, -0.1) is 0 Å². The Labute approximate surface area is 134 Å². The number of aryl methyl sites for hydroxylation is 1. The number of amides is 1. The van der Waals surface area contributed by atoms with E-state index in [0.29, 0.717) is 11.4 Å². The predicted molar refractivity (Wildman–Crippen MR) is 87.3 cm³/mol. The Bertz CT molecular complexity index is 891. The van der Waals surface area contributed by atoms with Crippen molar-refractivity contribution in [2.45, 2.75) is 18.2 Å². The number of nitrogens with one attached hydrogen (secondary N) is 2. The molecule has 2 aromatic carbocycles. The molecule has 0 aliphatic carbocycles. The molecule has 0 fully saturated rings. The van der Waals surface area contributed by atoms with Crippen LogP contribution in [0.25, 0.3) is 0 Å². The average molecular weight is 332 g/mol. The van der Waals surface area contributed by atoms with E-state index in [1.807, 2.05) is 0 Å². The van der Waals surface area contributed by atoms with Crippen LogP contribution in [0, 0.1) is 6.92 Å². The molecule has 0 spiro atoms. The predicted octanol–water partition coefficient (Wildman–Crippen LogP) is 2.30. The zero-order valence-corrected chi connectivity index (χ0v) is 13.5. The van der Waals surface area contributed by atoms with Crippen molar-refractivity contribution in [1.29, 1.82) is 0 Å². The maximum Gasteiger partial charge on any atom is 0.261 e. The van der Waals surface area contributed by atoms with Crippen LogP contribution in [-0.2, 0) is 21.2 Å². The van der Waals surface area contributed by atoms with Crippen LogP contribution in [0.1, 0.15) is 11.1 Å². The zero-order chi connectivity index (χ0) is 16.6. The van der Waals surface area contributed by atoms with Gasteiger partial charge in [-0.3, -0.25) is 9.52 Å². The summed E-state index contributed by atoms with van der Waals surface area (Å²) < 4.78 is 32.6. The van der Waals surface area contributed by atoms with E-state index >= 15 is 0 Å². The SMILES string of the molecule is COc1ccc(S(=O)(=O)Nc2ccc3c(c2)CC(=O)N3)cc1C. The van der Waals surface area contributed by atoms with E-state index in [1.54, 1.807) is 37.3 Å². The van der Waals surface area contributed by atoms with Crippen molar-refractivity contribution >= 4 is 27.3 Å². The molecule has 0 atom stereocenters. The number of rotatable bonds is 4. The maximum absolute atomic E-state index is 12.5. The van der Waals surface area contributed by atoms with Crippen molar-refractivity contribution in [2.75, 3.05) is 17.1 Å². The highest BCUT2D eigenvalue weighted by Crippen LogP contribution is 2.28. The average Bonchev–Trinajstić information content (AvgIpc) is 2.86. The van der Waals surface area contributed by atoms with Crippen LogP contribution in [0.3, 0.4) is 0 Å². The molecule has 2 aromatic rings. The van der Waals surface area contributed by atoms with Gasteiger partial charge >= 0.3 is 0 Å². The van der Waals surface area contributed by atoms with Gasteiger partial charge in [-0.05, 0) is 54.4 Å². The second-order valence-corrected chi connectivity index (χ2v) is 7.02. The van der Waals surface area contributed by atoms with Crippen LogP contribution >= 0.6 is 0 Å². The second kappa shape index (κ2) is 5.58. The Hall–Kier alpha value is -2.54. The highest BCUT2D eigenvalue weighted by molar-refractivity contribution is 7.92. The number of carbonyl (C=O) groups is 1. The minimum absolute atomic E-state index is 0.0919. The number of benzene rings is 2. The fourth-order valence-electron chi connectivity index (χ4n) is 2.52. The molecule has 0 radical (unpaired) electrons. The molecule has 7 heteroatoms. The third kappa shape index (κ3) is 3.00. The first kappa shape index (κ1) is 15.4. The molecule has 0 unspecified atom stereocenters. The lowest BCUT2D eigenvalue weighted by Gasteiger charge is -2.11. The summed E-state index contributed by atoms with van der Waals surface area (Å²) in [6.07, 6.45) is 0.256. The van der Waals surface area contributed by atoms with E-state index in [4.69, 9.17) is 4.74 Å². The molecule has 1 aliphatic heterocycles. The van der Waals surface area contributed by atoms with E-state index in [0.717, 1.165) is 16.8 Å². The normalized spacial score (nSPS) is 13.4. The molecule has 1 amide bonds. The van der Waals surface area contributed by atoms with Gasteiger partial charge < -0.3 is 10.1 Å². The van der Waals surface area contributed by atoms with Gasteiger partial charge in [0.15, 0.2) is 0 Å². The number of carbonyl (C=O) groups excluding carboxylic acids is 1. The molecule has 0 saturated carbocycles. The lowest BCUT2D eigenvalue weighted by molar-refractivity contribution is -0.115. The monoisotopic (exact) mass is 332 g/mol. The molecule has 6 nitrogen and oxygen atoms in total. The second-order valence-electron chi connectivity index (χ2n) is 5.33. The summed E-state index contributed by atoms with van der Waals surface area (Å²) in [5.41, 5.74) is 2.66. The standard InChI is InChI=1S/C16H16N2O4S/c1-10-7-13(4-6-15(10)22-2)23(20,21)18-12-3-5-14-11(8-12)9-16(19)17-14/h3-8,18H,9H2,1-2H3,(H,17,19). The molecule has 0 aromatic heterocycles. The summed E-state index contributed by atoms with van der Waals surface area (Å²) in [6, 6.07) is 9.65. The summed E-state index contributed by atoms with van der Waals surface area (Å²) >= 11 is 0. The van der Waals surface area contributed by atoms with Gasteiger partial charge in [-0.25, -0.2) is 8.42 Å². The van der Waals surface area contributed by atoms with E-state index in [-0.39, 0.29) is 17.2 Å². The van der Waals surface area contributed by atoms with Gasteiger partial charge in [0.25, 0.3) is 10.0 Å². The first-order valence-electron chi connectivity index (χ1n) is 6.99. The van der Waals surface area contributed by atoms with Gasteiger partial charge in [-0.2, -0.15) is 0 Å². The summed E-state index contributed by atoms with van der Waals surface area (Å²) in [5.74, 6) is 0.539. The molecular formula is C16H16N2O4S. The largest absolute Gasteiger partial charge is 0.496 e. The van der Waals surface area contributed by atoms with E-state index in [1.165, 1.54) is 13.2 Å². The summed E-state index contributed by atoms with van der Waals surface area (Å²) in [4.78, 5) is 11.5. The quantitative estimate of drug-likeness (QED) is 0.900. The Balaban J connectivity index is 1.88. The van der Waals surface area contributed by atoms with E-state index < -0.39 is 10.0 Å². The number of sulfonamides is 1. The van der Waals surface area contributed by atoms with Gasteiger partial charge in [0, 0.05) is 11.4 Å². The molecular weight excluding hydrogens is 316 g/mol. The van der Waals surface area contributed by atoms with Gasteiger partial charge in [0.2, 0.25) is 5.91 Å². The molecule has 0 saturated heterocycles. The van der Waals surface area contributed by atoms with E-state index in [9.17, 15) is 13.2 Å². The Morgan fingerprint density at radius 1 is 1.17 bits per heavy atom. The highest BCUT2D eigenvalue weighted by atomic mass is 32.2. The summed E-state index contributed by atoms with van der Waals surface area (Å²) in [5, 5.41) is 2.71. The van der Waals surface area contributed by atoms with Crippen molar-refractivity contribution in [1.82, 2.24) is 0 Å². The third-order valence-electron chi connectivity index (χ3n) is 3.66. The smallest absolute Gasteiger partial charge is 0.261 e. The zero-order valence-electron chi connectivity index (χ0n) is 12.7. The number of anilines is 2. The van der Waals surface area contributed by atoms with Crippen molar-refractivity contribution < 1.29 is 17.9 Å². The van der Waals surface area contributed by atoms with Crippen LogP contribution in [0.2, 0.25) is 0 Å². The summed E-state index contributed by atoms with van der Waals surface area (Å²) in [6.45, 7) is 1.78. The minimum Gasteiger partial charge on any atom is -0.496 e. The molecule has 1 aliphatic rings. The van der Waals surface area contributed by atoms with Crippen molar-refractivity contribution in [2.24, 2.45) is 0 Å². The van der Waals surface area contributed by atoms with Crippen LogP contribution < -0.4 is 14.8 Å². The van der Waals surface area contributed by atoms with Crippen LogP contribution in [0.4, 0.5) is 11.4 Å². The Kier molecular flexibility index (Phi) is 3.73. The van der Waals surface area contributed by atoms with Crippen molar-refractivity contribution in [3.8, 4) is 5.75 Å². The molecule has 0 bridgehead atoms. The lowest BCUT2D eigenvalue weighted by Crippen LogP contribution is -2.13. The van der Waals surface area contributed by atoms with Gasteiger partial charge in [0.05, 0.1) is 18.4 Å². The molecule has 2 N–H and O–H groups in total. The number of methoxy groups -OCH3 is 1. The van der Waals surface area contributed by atoms with E-state index in [2.05, 4.69) is 10.0 Å². The molecule has 23 heavy (non-hydrogen) atoms. The minimum atomic E-state index is -3.70. The molecule has 3 rings (SSSR count). The van der Waals surface area contributed by atoms with Crippen LogP contribution in [-0.4, -0.2) is 21.4 Å². The maximum atomic E-state index is 12.5. The first-order chi connectivity index (χ1) is 10.9. The highest BCUT2D eigenvalue weighted by Gasteiger charge is 2.20. The fourth-order valence-corrected chi connectivity index (χ4v) is 3.66. The number of hydrogen-bond donors (Lipinski definition) is 2. The third-order valence-corrected chi connectivity index (χ3v) is 5.04. The molecule has 1 heterocycles.